The van der Waals surface area contributed by atoms with Crippen molar-refractivity contribution in [3.05, 3.63) is 94.7 Å². The van der Waals surface area contributed by atoms with Crippen molar-refractivity contribution >= 4 is 40.2 Å². The van der Waals surface area contributed by atoms with Crippen molar-refractivity contribution in [1.82, 2.24) is 0 Å². The van der Waals surface area contributed by atoms with Crippen LogP contribution in [-0.2, 0) is 0 Å². The lowest BCUT2D eigenvalue weighted by molar-refractivity contribution is 0.0699. The number of fused-ring (bicyclic) bond motifs is 1. The van der Waals surface area contributed by atoms with Gasteiger partial charge in [-0.1, -0.05) is 48.0 Å². The minimum atomic E-state index is -0.628. The van der Waals surface area contributed by atoms with Gasteiger partial charge in [-0.05, 0) is 53.6 Å². The minimum absolute atomic E-state index is 0.0988. The van der Waals surface area contributed by atoms with Gasteiger partial charge in [0, 0.05) is 10.4 Å². The van der Waals surface area contributed by atoms with Gasteiger partial charge in [-0.3, -0.25) is 0 Å². The monoisotopic (exact) mass is 429 g/mol. The van der Waals surface area contributed by atoms with Crippen molar-refractivity contribution in [3.63, 3.8) is 0 Å². The van der Waals surface area contributed by atoms with E-state index < -0.39 is 5.97 Å². The highest BCUT2D eigenvalue weighted by Gasteiger charge is 2.17. The Bertz CT molecular complexity index is 1300. The summed E-state index contributed by atoms with van der Waals surface area (Å²) < 4.78 is 16.4. The summed E-state index contributed by atoms with van der Waals surface area (Å²) in [6.45, 7) is 0. The van der Waals surface area contributed by atoms with Gasteiger partial charge in [-0.15, -0.1) is 0 Å². The van der Waals surface area contributed by atoms with Crippen molar-refractivity contribution in [2.24, 2.45) is 0 Å². The molecule has 6 heteroatoms. The van der Waals surface area contributed by atoms with Gasteiger partial charge in [-0.25, -0.2) is 4.79 Å². The van der Waals surface area contributed by atoms with E-state index in [0.29, 0.717) is 27.5 Å². The number of hydrogen-bond acceptors (Lipinski definition) is 5. The average molecular weight is 430 g/mol. The molecule has 4 rings (SSSR count). The highest BCUT2D eigenvalue weighted by atomic mass is 35.5. The summed E-state index contributed by atoms with van der Waals surface area (Å²) in [4.78, 5) is 12.5. The number of methoxy groups -OCH3 is 1. The van der Waals surface area contributed by atoms with E-state index in [9.17, 15) is 10.1 Å². The molecule has 0 atom stereocenters. The molecule has 0 fully saturated rings. The van der Waals surface area contributed by atoms with Gasteiger partial charge in [0.15, 0.2) is 11.5 Å². The number of hydrogen-bond donors (Lipinski definition) is 0. The lowest BCUT2D eigenvalue weighted by atomic mass is 10.0. The summed E-state index contributed by atoms with van der Waals surface area (Å²) >= 11 is 5.92. The SMILES string of the molecule is COc1cc(/C=C(\C#N)c2ccc(Cl)cc2)ccc1OC(=O)c1cc2ccccc2o1. The molecule has 0 unspecified atom stereocenters. The lowest BCUT2D eigenvalue weighted by Crippen LogP contribution is -2.08. The van der Waals surface area contributed by atoms with Crippen LogP contribution in [0.4, 0.5) is 0 Å². The van der Waals surface area contributed by atoms with Gasteiger partial charge in [0.2, 0.25) is 5.76 Å². The Labute approximate surface area is 183 Å². The number of carbonyl (C=O) groups is 1. The third kappa shape index (κ3) is 4.45. The van der Waals surface area contributed by atoms with E-state index in [-0.39, 0.29) is 11.5 Å². The van der Waals surface area contributed by atoms with Crippen molar-refractivity contribution in [3.8, 4) is 17.6 Å². The van der Waals surface area contributed by atoms with Crippen molar-refractivity contribution in [2.75, 3.05) is 7.11 Å². The fourth-order valence-electron chi connectivity index (χ4n) is 3.07. The molecule has 0 N–H and O–H groups in total. The molecule has 0 saturated carbocycles. The molecule has 0 spiro atoms. The van der Waals surface area contributed by atoms with E-state index in [1.165, 1.54) is 7.11 Å². The van der Waals surface area contributed by atoms with Crippen LogP contribution in [0.25, 0.3) is 22.6 Å². The van der Waals surface area contributed by atoms with E-state index >= 15 is 0 Å². The number of benzene rings is 3. The fourth-order valence-corrected chi connectivity index (χ4v) is 3.19. The number of allylic oxidation sites excluding steroid dienone is 1. The number of furan rings is 1. The zero-order valence-corrected chi connectivity index (χ0v) is 17.2. The van der Waals surface area contributed by atoms with E-state index in [2.05, 4.69) is 6.07 Å². The van der Waals surface area contributed by atoms with E-state index in [4.69, 9.17) is 25.5 Å². The first-order chi connectivity index (χ1) is 15.1. The number of para-hydroxylation sites is 1. The molecule has 0 bridgehead atoms. The van der Waals surface area contributed by atoms with Crippen LogP contribution in [0, 0.1) is 11.3 Å². The van der Waals surface area contributed by atoms with E-state index in [1.54, 1.807) is 60.7 Å². The number of esters is 1. The Morgan fingerprint density at radius 2 is 1.81 bits per heavy atom. The largest absolute Gasteiger partial charge is 0.493 e. The molecule has 31 heavy (non-hydrogen) atoms. The predicted molar refractivity (Wildman–Crippen MR) is 119 cm³/mol. The van der Waals surface area contributed by atoms with Gasteiger partial charge in [0.25, 0.3) is 0 Å². The lowest BCUT2D eigenvalue weighted by Gasteiger charge is -2.09. The Morgan fingerprint density at radius 1 is 1.03 bits per heavy atom. The molecule has 0 aliphatic heterocycles. The first kappa shape index (κ1) is 20.3. The van der Waals surface area contributed by atoms with Gasteiger partial charge in [0.1, 0.15) is 5.58 Å². The van der Waals surface area contributed by atoms with Crippen LogP contribution < -0.4 is 9.47 Å². The van der Waals surface area contributed by atoms with Gasteiger partial charge < -0.3 is 13.9 Å². The van der Waals surface area contributed by atoms with Crippen LogP contribution in [-0.4, -0.2) is 13.1 Å². The zero-order valence-electron chi connectivity index (χ0n) is 16.5. The Hall–Kier alpha value is -4.01. The van der Waals surface area contributed by atoms with Crippen molar-refractivity contribution in [1.29, 1.82) is 5.26 Å². The number of ether oxygens (including phenoxy) is 2. The third-order valence-electron chi connectivity index (χ3n) is 4.60. The minimum Gasteiger partial charge on any atom is -0.493 e. The molecule has 0 amide bonds. The van der Waals surface area contributed by atoms with Crippen LogP contribution in [0.2, 0.25) is 5.02 Å². The average Bonchev–Trinajstić information content (AvgIpc) is 3.23. The van der Waals surface area contributed by atoms with Crippen LogP contribution in [0.3, 0.4) is 0 Å². The molecular formula is C25H16ClNO4. The fraction of sp³-hybridized carbons (Fsp3) is 0.0400. The normalized spacial score (nSPS) is 11.2. The molecule has 1 heterocycles. The maximum atomic E-state index is 12.5. The first-order valence-electron chi connectivity index (χ1n) is 9.34. The number of nitriles is 1. The van der Waals surface area contributed by atoms with E-state index in [1.807, 2.05) is 18.2 Å². The maximum absolute atomic E-state index is 12.5. The summed E-state index contributed by atoms with van der Waals surface area (Å²) in [7, 11) is 1.48. The zero-order chi connectivity index (χ0) is 21.8. The molecule has 4 aromatic rings. The Kier molecular flexibility index (Phi) is 5.74. The van der Waals surface area contributed by atoms with Crippen LogP contribution in [0.1, 0.15) is 21.7 Å². The molecule has 0 aliphatic carbocycles. The molecule has 5 nitrogen and oxygen atoms in total. The maximum Gasteiger partial charge on any atom is 0.379 e. The summed E-state index contributed by atoms with van der Waals surface area (Å²) in [5.74, 6) is 0.0696. The molecule has 3 aromatic carbocycles. The van der Waals surface area contributed by atoms with Crippen molar-refractivity contribution in [2.45, 2.75) is 0 Å². The molecule has 1 aromatic heterocycles. The molecule has 0 radical (unpaired) electrons. The Morgan fingerprint density at radius 3 is 2.52 bits per heavy atom. The topological polar surface area (TPSA) is 72.5 Å². The highest BCUT2D eigenvalue weighted by molar-refractivity contribution is 6.30. The second-order valence-electron chi connectivity index (χ2n) is 6.63. The summed E-state index contributed by atoms with van der Waals surface area (Å²) in [5.41, 5.74) is 2.53. The summed E-state index contributed by atoms with van der Waals surface area (Å²) in [5, 5.41) is 10.9. The molecular weight excluding hydrogens is 414 g/mol. The number of nitrogens with zero attached hydrogens (tertiary/aromatic N) is 1. The van der Waals surface area contributed by atoms with Crippen LogP contribution in [0.5, 0.6) is 11.5 Å². The first-order valence-corrected chi connectivity index (χ1v) is 9.71. The molecule has 152 valence electrons. The number of halogens is 1. The number of carbonyl (C=O) groups excluding carboxylic acids is 1. The quantitative estimate of drug-likeness (QED) is 0.159. The molecule has 0 aliphatic rings. The van der Waals surface area contributed by atoms with Crippen LogP contribution >= 0.6 is 11.6 Å². The van der Waals surface area contributed by atoms with Gasteiger partial charge >= 0.3 is 5.97 Å². The third-order valence-corrected chi connectivity index (χ3v) is 4.86. The van der Waals surface area contributed by atoms with E-state index in [0.717, 1.165) is 10.9 Å². The van der Waals surface area contributed by atoms with Gasteiger partial charge in [-0.2, -0.15) is 5.26 Å². The second-order valence-corrected chi connectivity index (χ2v) is 7.06. The standard InChI is InChI=1S/C25H16ClNO4/c1-29-23-13-16(12-19(15-27)17-7-9-20(26)10-8-17)6-11-22(23)31-25(28)24-14-18-4-2-3-5-21(18)30-24/h2-14H,1H3/b19-12+. The van der Waals surface area contributed by atoms with Crippen LogP contribution in [0.15, 0.2) is 77.2 Å². The highest BCUT2D eigenvalue weighted by Crippen LogP contribution is 2.31. The second kappa shape index (κ2) is 8.78. The van der Waals surface area contributed by atoms with Gasteiger partial charge in [0.05, 0.1) is 18.8 Å². The molecule has 0 saturated heterocycles. The Balaban J connectivity index is 1.59. The number of rotatable bonds is 5. The summed E-state index contributed by atoms with van der Waals surface area (Å²) in [6.07, 6.45) is 1.72. The smallest absolute Gasteiger partial charge is 0.379 e. The summed E-state index contributed by atoms with van der Waals surface area (Å²) in [6, 6.07) is 23.2. The predicted octanol–water partition coefficient (Wildman–Crippen LogP) is 6.38. The van der Waals surface area contributed by atoms with Crippen molar-refractivity contribution < 1.29 is 18.7 Å².